The summed E-state index contributed by atoms with van der Waals surface area (Å²) in [5, 5.41) is 4.23. The Morgan fingerprint density at radius 3 is 3.40 bits per heavy atom. The number of hydrazone groups is 1. The number of hydrogen-bond acceptors (Lipinski definition) is 2. The first-order valence-electron chi connectivity index (χ1n) is 3.94. The SMILES string of the molecule is C1=CC2=NNCCC2CC1. The monoisotopic (exact) mass is 136 g/mol. The molecule has 0 radical (unpaired) electrons. The van der Waals surface area contributed by atoms with E-state index in [2.05, 4.69) is 22.7 Å². The summed E-state index contributed by atoms with van der Waals surface area (Å²) in [7, 11) is 0. The van der Waals surface area contributed by atoms with Gasteiger partial charge in [0.1, 0.15) is 0 Å². The maximum absolute atomic E-state index is 4.23. The number of allylic oxidation sites excluding steroid dienone is 2. The molecule has 2 heteroatoms. The lowest BCUT2D eigenvalue weighted by molar-refractivity contribution is 0.510. The lowest BCUT2D eigenvalue weighted by atomic mass is 9.89. The molecule has 0 aromatic rings. The zero-order valence-corrected chi connectivity index (χ0v) is 6.01. The highest BCUT2D eigenvalue weighted by molar-refractivity contribution is 5.97. The molecule has 0 aromatic carbocycles. The van der Waals surface area contributed by atoms with E-state index in [4.69, 9.17) is 0 Å². The number of hydrogen-bond donors (Lipinski definition) is 1. The van der Waals surface area contributed by atoms with E-state index in [1.54, 1.807) is 0 Å². The predicted octanol–water partition coefficient (Wildman–Crippen LogP) is 1.30. The van der Waals surface area contributed by atoms with Gasteiger partial charge < -0.3 is 5.43 Å². The molecule has 1 aliphatic carbocycles. The highest BCUT2D eigenvalue weighted by atomic mass is 15.3. The van der Waals surface area contributed by atoms with Crippen molar-refractivity contribution < 1.29 is 0 Å². The average molecular weight is 136 g/mol. The van der Waals surface area contributed by atoms with Crippen LogP contribution >= 0.6 is 0 Å². The minimum absolute atomic E-state index is 0.756. The summed E-state index contributed by atoms with van der Waals surface area (Å²) in [6.07, 6.45) is 8.17. The van der Waals surface area contributed by atoms with E-state index in [-0.39, 0.29) is 0 Å². The number of nitrogens with one attached hydrogen (secondary N) is 1. The van der Waals surface area contributed by atoms with E-state index in [0.717, 1.165) is 12.5 Å². The van der Waals surface area contributed by atoms with Gasteiger partial charge in [-0.2, -0.15) is 5.10 Å². The van der Waals surface area contributed by atoms with Crippen LogP contribution in [0.15, 0.2) is 17.3 Å². The maximum Gasteiger partial charge on any atom is 0.0631 e. The van der Waals surface area contributed by atoms with Crippen molar-refractivity contribution >= 4 is 5.71 Å². The third-order valence-corrected chi connectivity index (χ3v) is 2.20. The van der Waals surface area contributed by atoms with Gasteiger partial charge in [0.15, 0.2) is 0 Å². The van der Waals surface area contributed by atoms with E-state index < -0.39 is 0 Å². The van der Waals surface area contributed by atoms with E-state index in [0.29, 0.717) is 0 Å². The molecule has 1 unspecified atom stereocenters. The Balaban J connectivity index is 2.21. The minimum Gasteiger partial charge on any atom is -0.310 e. The fraction of sp³-hybridized carbons (Fsp3) is 0.625. The van der Waals surface area contributed by atoms with E-state index >= 15 is 0 Å². The molecule has 1 atom stereocenters. The van der Waals surface area contributed by atoms with Gasteiger partial charge in [0, 0.05) is 12.5 Å². The molecule has 0 bridgehead atoms. The molecule has 54 valence electrons. The number of fused-ring (bicyclic) bond motifs is 1. The van der Waals surface area contributed by atoms with Crippen molar-refractivity contribution in [3.8, 4) is 0 Å². The van der Waals surface area contributed by atoms with Crippen LogP contribution in [-0.2, 0) is 0 Å². The minimum atomic E-state index is 0.756. The normalized spacial score (nSPS) is 30.4. The molecule has 1 heterocycles. The number of rotatable bonds is 0. The van der Waals surface area contributed by atoms with Crippen LogP contribution < -0.4 is 5.43 Å². The van der Waals surface area contributed by atoms with Crippen molar-refractivity contribution in [3.05, 3.63) is 12.2 Å². The summed E-state index contributed by atoms with van der Waals surface area (Å²) in [6, 6.07) is 0. The molecule has 0 spiro atoms. The molecule has 2 aliphatic rings. The van der Waals surface area contributed by atoms with Gasteiger partial charge >= 0.3 is 0 Å². The largest absolute Gasteiger partial charge is 0.310 e. The second-order valence-corrected chi connectivity index (χ2v) is 2.91. The molecule has 2 rings (SSSR count). The molecular weight excluding hydrogens is 124 g/mol. The van der Waals surface area contributed by atoms with Crippen molar-refractivity contribution in [2.45, 2.75) is 19.3 Å². The van der Waals surface area contributed by atoms with Crippen LogP contribution in [0.1, 0.15) is 19.3 Å². The molecule has 0 saturated heterocycles. The van der Waals surface area contributed by atoms with Crippen LogP contribution in [-0.4, -0.2) is 12.3 Å². The standard InChI is InChI=1S/C8H12N2/c1-2-4-8-7(3-1)5-6-9-10-8/h2,4,7,9H,1,3,5-6H2. The Labute approximate surface area is 61.0 Å². The van der Waals surface area contributed by atoms with E-state index in [1.165, 1.54) is 25.0 Å². The van der Waals surface area contributed by atoms with Crippen molar-refractivity contribution in [1.29, 1.82) is 0 Å². The second kappa shape index (κ2) is 2.45. The molecule has 0 fully saturated rings. The Hall–Kier alpha value is -0.790. The van der Waals surface area contributed by atoms with E-state index in [1.807, 2.05) is 0 Å². The lowest BCUT2D eigenvalue weighted by Gasteiger charge is -2.23. The molecule has 1 aliphatic heterocycles. The summed E-state index contributed by atoms with van der Waals surface area (Å²) < 4.78 is 0. The first-order valence-corrected chi connectivity index (χ1v) is 3.94. The van der Waals surface area contributed by atoms with Crippen LogP contribution in [0.4, 0.5) is 0 Å². The van der Waals surface area contributed by atoms with Crippen molar-refractivity contribution in [1.82, 2.24) is 5.43 Å². The molecule has 10 heavy (non-hydrogen) atoms. The Kier molecular flexibility index (Phi) is 1.46. The molecule has 1 N–H and O–H groups in total. The quantitative estimate of drug-likeness (QED) is 0.533. The third-order valence-electron chi connectivity index (χ3n) is 2.20. The van der Waals surface area contributed by atoms with Gasteiger partial charge in [0.05, 0.1) is 5.71 Å². The van der Waals surface area contributed by atoms with Crippen LogP contribution in [0.2, 0.25) is 0 Å². The zero-order chi connectivity index (χ0) is 6.81. The zero-order valence-electron chi connectivity index (χ0n) is 6.01. The summed E-state index contributed by atoms with van der Waals surface area (Å²) in [4.78, 5) is 0. The van der Waals surface area contributed by atoms with E-state index in [9.17, 15) is 0 Å². The third kappa shape index (κ3) is 0.939. The van der Waals surface area contributed by atoms with Crippen LogP contribution in [0.5, 0.6) is 0 Å². The summed E-state index contributed by atoms with van der Waals surface area (Å²) in [5.74, 6) is 0.756. The molecule has 0 aromatic heterocycles. The summed E-state index contributed by atoms with van der Waals surface area (Å²) >= 11 is 0. The summed E-state index contributed by atoms with van der Waals surface area (Å²) in [6.45, 7) is 1.06. The first kappa shape index (κ1) is 5.96. The Bertz CT molecular complexity index is 182. The van der Waals surface area contributed by atoms with Crippen LogP contribution in [0.3, 0.4) is 0 Å². The van der Waals surface area contributed by atoms with Gasteiger partial charge in [-0.1, -0.05) is 6.08 Å². The van der Waals surface area contributed by atoms with Crippen molar-refractivity contribution in [2.24, 2.45) is 11.0 Å². The Morgan fingerprint density at radius 1 is 1.50 bits per heavy atom. The molecule has 2 nitrogen and oxygen atoms in total. The predicted molar refractivity (Wildman–Crippen MR) is 41.9 cm³/mol. The van der Waals surface area contributed by atoms with Gasteiger partial charge in [-0.3, -0.25) is 0 Å². The van der Waals surface area contributed by atoms with Gasteiger partial charge in [0.2, 0.25) is 0 Å². The highest BCUT2D eigenvalue weighted by Crippen LogP contribution is 2.20. The van der Waals surface area contributed by atoms with Gasteiger partial charge in [-0.05, 0) is 25.3 Å². The van der Waals surface area contributed by atoms with Gasteiger partial charge in [-0.25, -0.2) is 0 Å². The highest BCUT2D eigenvalue weighted by Gasteiger charge is 2.18. The maximum atomic E-state index is 4.23. The smallest absolute Gasteiger partial charge is 0.0631 e. The first-order chi connectivity index (χ1) is 4.97. The van der Waals surface area contributed by atoms with Gasteiger partial charge in [-0.15, -0.1) is 0 Å². The Morgan fingerprint density at radius 2 is 2.50 bits per heavy atom. The number of nitrogens with zero attached hydrogens (tertiary/aromatic N) is 1. The lowest BCUT2D eigenvalue weighted by Crippen LogP contribution is -2.28. The average Bonchev–Trinajstić information content (AvgIpc) is 2.05. The fourth-order valence-corrected chi connectivity index (χ4v) is 1.59. The molecule has 0 saturated carbocycles. The fourth-order valence-electron chi connectivity index (χ4n) is 1.59. The van der Waals surface area contributed by atoms with Crippen LogP contribution in [0, 0.1) is 5.92 Å². The summed E-state index contributed by atoms with van der Waals surface area (Å²) in [5.41, 5.74) is 4.28. The molecular formula is C8H12N2. The van der Waals surface area contributed by atoms with Crippen LogP contribution in [0.25, 0.3) is 0 Å². The van der Waals surface area contributed by atoms with Crippen molar-refractivity contribution in [3.63, 3.8) is 0 Å². The van der Waals surface area contributed by atoms with Gasteiger partial charge in [0.25, 0.3) is 0 Å². The van der Waals surface area contributed by atoms with Crippen molar-refractivity contribution in [2.75, 3.05) is 6.54 Å². The second-order valence-electron chi connectivity index (χ2n) is 2.91. The topological polar surface area (TPSA) is 24.4 Å². The molecule has 0 amide bonds.